The molecule has 0 unspecified atom stereocenters. The number of benzene rings is 2. The van der Waals surface area contributed by atoms with Crippen molar-refractivity contribution in [1.29, 1.82) is 0 Å². The van der Waals surface area contributed by atoms with E-state index in [2.05, 4.69) is 15.6 Å². The second-order valence-corrected chi connectivity index (χ2v) is 5.28. The molecule has 0 saturated carbocycles. The monoisotopic (exact) mass is 473 g/mol. The molecule has 0 aliphatic rings. The Bertz CT molecular complexity index is 698. The summed E-state index contributed by atoms with van der Waals surface area (Å²) in [5.74, 6) is 1.72. The molecule has 0 heterocycles. The molecule has 2 rings (SSSR count). The van der Waals surface area contributed by atoms with E-state index in [0.29, 0.717) is 31.4 Å². The van der Waals surface area contributed by atoms with Gasteiger partial charge in [-0.25, -0.2) is 9.38 Å². The number of methoxy groups -OCH3 is 1. The Hall–Kier alpha value is -2.03. The van der Waals surface area contributed by atoms with Gasteiger partial charge in [0.1, 0.15) is 23.9 Å². The highest BCUT2D eigenvalue weighted by molar-refractivity contribution is 14.0. The fourth-order valence-corrected chi connectivity index (χ4v) is 2.18. The Labute approximate surface area is 171 Å². The lowest BCUT2D eigenvalue weighted by Gasteiger charge is -2.12. The van der Waals surface area contributed by atoms with Crippen LogP contribution >= 0.6 is 24.0 Å². The van der Waals surface area contributed by atoms with Crippen molar-refractivity contribution in [2.45, 2.75) is 13.5 Å². The molecule has 0 aliphatic carbocycles. The van der Waals surface area contributed by atoms with Crippen LogP contribution in [0.4, 0.5) is 4.39 Å². The lowest BCUT2D eigenvalue weighted by Crippen LogP contribution is -2.39. The van der Waals surface area contributed by atoms with E-state index in [1.807, 2.05) is 31.2 Å². The molecular formula is C19H25FIN3O2. The number of nitrogens with zero attached hydrogens (tertiary/aromatic N) is 1. The minimum Gasteiger partial charge on any atom is -0.497 e. The summed E-state index contributed by atoms with van der Waals surface area (Å²) in [6, 6.07) is 13.9. The van der Waals surface area contributed by atoms with Crippen molar-refractivity contribution in [3.8, 4) is 11.5 Å². The first-order valence-corrected chi connectivity index (χ1v) is 8.24. The molecule has 0 fully saturated rings. The highest BCUT2D eigenvalue weighted by Gasteiger charge is 2.00. The van der Waals surface area contributed by atoms with Crippen LogP contribution in [-0.2, 0) is 6.54 Å². The van der Waals surface area contributed by atoms with Gasteiger partial charge in [0.2, 0.25) is 0 Å². The molecule has 0 radical (unpaired) electrons. The number of aliphatic imine (C=N–C) groups is 1. The van der Waals surface area contributed by atoms with Crippen molar-refractivity contribution in [2.24, 2.45) is 4.99 Å². The average Bonchev–Trinajstić information content (AvgIpc) is 2.63. The normalized spacial score (nSPS) is 10.7. The number of guanidine groups is 1. The zero-order valence-electron chi connectivity index (χ0n) is 15.0. The van der Waals surface area contributed by atoms with Crippen molar-refractivity contribution in [3.63, 3.8) is 0 Å². The molecule has 0 aromatic heterocycles. The lowest BCUT2D eigenvalue weighted by molar-refractivity contribution is 0.320. The summed E-state index contributed by atoms with van der Waals surface area (Å²) < 4.78 is 23.8. The highest BCUT2D eigenvalue weighted by Crippen LogP contribution is 2.13. The quantitative estimate of drug-likeness (QED) is 0.267. The number of hydrogen-bond donors (Lipinski definition) is 2. The Morgan fingerprint density at radius 3 is 2.58 bits per heavy atom. The van der Waals surface area contributed by atoms with E-state index in [-0.39, 0.29) is 29.8 Å². The van der Waals surface area contributed by atoms with Crippen molar-refractivity contribution < 1.29 is 13.9 Å². The maximum atomic E-state index is 13.1. The minimum atomic E-state index is -0.307. The van der Waals surface area contributed by atoms with Crippen LogP contribution < -0.4 is 20.1 Å². The van der Waals surface area contributed by atoms with Gasteiger partial charge >= 0.3 is 0 Å². The number of hydrogen-bond acceptors (Lipinski definition) is 3. The summed E-state index contributed by atoms with van der Waals surface area (Å²) in [6.07, 6.45) is 0. The zero-order chi connectivity index (χ0) is 17.9. The van der Waals surface area contributed by atoms with Gasteiger partial charge in [-0.2, -0.15) is 0 Å². The van der Waals surface area contributed by atoms with E-state index in [1.54, 1.807) is 19.2 Å². The van der Waals surface area contributed by atoms with Gasteiger partial charge in [-0.05, 0) is 36.8 Å². The van der Waals surface area contributed by atoms with Crippen LogP contribution in [0.1, 0.15) is 12.5 Å². The average molecular weight is 473 g/mol. The fourth-order valence-electron chi connectivity index (χ4n) is 2.18. The van der Waals surface area contributed by atoms with Crippen molar-refractivity contribution >= 4 is 29.9 Å². The Kier molecular flexibility index (Phi) is 10.5. The molecule has 0 spiro atoms. The predicted molar refractivity (Wildman–Crippen MR) is 113 cm³/mol. The first-order chi connectivity index (χ1) is 12.2. The first kappa shape index (κ1) is 22.0. The summed E-state index contributed by atoms with van der Waals surface area (Å²) in [5, 5.41) is 6.37. The van der Waals surface area contributed by atoms with Crippen LogP contribution in [0.25, 0.3) is 0 Å². The smallest absolute Gasteiger partial charge is 0.191 e. The third-order valence-electron chi connectivity index (χ3n) is 3.36. The second-order valence-electron chi connectivity index (χ2n) is 5.28. The van der Waals surface area contributed by atoms with Crippen LogP contribution in [0.5, 0.6) is 11.5 Å². The van der Waals surface area contributed by atoms with Gasteiger partial charge in [0.05, 0.1) is 20.2 Å². The third kappa shape index (κ3) is 7.90. The summed E-state index contributed by atoms with van der Waals surface area (Å²) >= 11 is 0. The van der Waals surface area contributed by atoms with Gasteiger partial charge in [0.25, 0.3) is 0 Å². The zero-order valence-corrected chi connectivity index (χ0v) is 17.3. The van der Waals surface area contributed by atoms with E-state index in [0.717, 1.165) is 17.9 Å². The van der Waals surface area contributed by atoms with Crippen molar-refractivity contribution in [3.05, 3.63) is 59.9 Å². The van der Waals surface area contributed by atoms with Gasteiger partial charge in [-0.1, -0.05) is 18.2 Å². The van der Waals surface area contributed by atoms with Gasteiger partial charge in [0.15, 0.2) is 5.96 Å². The van der Waals surface area contributed by atoms with E-state index in [4.69, 9.17) is 9.47 Å². The Balaban J connectivity index is 0.00000338. The molecule has 142 valence electrons. The molecule has 2 N–H and O–H groups in total. The maximum absolute atomic E-state index is 13.1. The van der Waals surface area contributed by atoms with Crippen LogP contribution in [0.3, 0.4) is 0 Å². The molecule has 5 nitrogen and oxygen atoms in total. The molecule has 2 aromatic carbocycles. The highest BCUT2D eigenvalue weighted by atomic mass is 127. The fraction of sp³-hybridized carbons (Fsp3) is 0.316. The maximum Gasteiger partial charge on any atom is 0.191 e. The largest absolute Gasteiger partial charge is 0.497 e. The molecule has 0 bridgehead atoms. The van der Waals surface area contributed by atoms with Gasteiger partial charge < -0.3 is 20.1 Å². The number of halogens is 2. The standard InChI is InChI=1S/C19H24FN3O2.HI/c1-3-21-19(23-14-15-6-4-8-17(12-15)24-2)22-10-11-25-18-9-5-7-16(20)13-18;/h4-9,12-13H,3,10-11,14H2,1-2H3,(H2,21,22,23);1H. The third-order valence-corrected chi connectivity index (χ3v) is 3.36. The summed E-state index contributed by atoms with van der Waals surface area (Å²) in [6.45, 7) is 4.27. The van der Waals surface area contributed by atoms with Crippen LogP contribution in [0.2, 0.25) is 0 Å². The summed E-state index contributed by atoms with van der Waals surface area (Å²) in [5.41, 5.74) is 1.06. The Morgan fingerprint density at radius 1 is 1.08 bits per heavy atom. The summed E-state index contributed by atoms with van der Waals surface area (Å²) in [7, 11) is 1.65. The number of nitrogens with one attached hydrogen (secondary N) is 2. The van der Waals surface area contributed by atoms with E-state index in [9.17, 15) is 4.39 Å². The van der Waals surface area contributed by atoms with Crippen LogP contribution in [0.15, 0.2) is 53.5 Å². The van der Waals surface area contributed by atoms with E-state index >= 15 is 0 Å². The van der Waals surface area contributed by atoms with Crippen molar-refractivity contribution in [1.82, 2.24) is 10.6 Å². The topological polar surface area (TPSA) is 54.9 Å². The molecule has 2 aromatic rings. The van der Waals surface area contributed by atoms with Gasteiger partial charge in [-0.3, -0.25) is 0 Å². The molecule has 0 aliphatic heterocycles. The first-order valence-electron chi connectivity index (χ1n) is 8.24. The number of ether oxygens (including phenoxy) is 2. The summed E-state index contributed by atoms with van der Waals surface area (Å²) in [4.78, 5) is 4.54. The molecule has 0 amide bonds. The number of rotatable bonds is 8. The minimum absolute atomic E-state index is 0. The SMILES string of the molecule is CCNC(=NCc1cccc(OC)c1)NCCOc1cccc(F)c1.I. The van der Waals surface area contributed by atoms with Crippen molar-refractivity contribution in [2.75, 3.05) is 26.8 Å². The molecule has 7 heteroatoms. The van der Waals surface area contributed by atoms with Gasteiger partial charge in [-0.15, -0.1) is 24.0 Å². The van der Waals surface area contributed by atoms with E-state index in [1.165, 1.54) is 12.1 Å². The van der Waals surface area contributed by atoms with Crippen LogP contribution in [-0.4, -0.2) is 32.8 Å². The van der Waals surface area contributed by atoms with Crippen LogP contribution in [0, 0.1) is 5.82 Å². The molecule has 26 heavy (non-hydrogen) atoms. The van der Waals surface area contributed by atoms with Gasteiger partial charge in [0, 0.05) is 12.6 Å². The second kappa shape index (κ2) is 12.3. The predicted octanol–water partition coefficient (Wildman–Crippen LogP) is 3.59. The van der Waals surface area contributed by atoms with E-state index < -0.39 is 0 Å². The molecule has 0 saturated heterocycles. The molecular weight excluding hydrogens is 448 g/mol. The molecule has 0 atom stereocenters. The Morgan fingerprint density at radius 2 is 1.85 bits per heavy atom. The lowest BCUT2D eigenvalue weighted by atomic mass is 10.2.